The van der Waals surface area contributed by atoms with Crippen LogP contribution in [0.25, 0.3) is 0 Å². The highest BCUT2D eigenvalue weighted by atomic mass is 32.1. The quantitative estimate of drug-likeness (QED) is 0.697. The minimum absolute atomic E-state index is 0.251. The molecule has 1 atom stereocenters. The second-order valence-electron chi connectivity index (χ2n) is 2.37. The van der Waals surface area contributed by atoms with E-state index in [0.29, 0.717) is 0 Å². The lowest BCUT2D eigenvalue weighted by Crippen LogP contribution is -1.89. The molecule has 0 aliphatic heterocycles. The molecule has 1 nitrogen and oxygen atoms in total. The maximum absolute atomic E-state index is 9.35. The van der Waals surface area contributed by atoms with Crippen molar-refractivity contribution in [1.82, 2.24) is 0 Å². The van der Waals surface area contributed by atoms with Gasteiger partial charge in [-0.15, -0.1) is 11.3 Å². The minimum atomic E-state index is -0.251. The van der Waals surface area contributed by atoms with Crippen molar-refractivity contribution in [2.24, 2.45) is 0 Å². The molecule has 0 aromatic carbocycles. The first-order valence-electron chi connectivity index (χ1n) is 3.48. The summed E-state index contributed by atoms with van der Waals surface area (Å²) < 4.78 is 0. The summed E-state index contributed by atoms with van der Waals surface area (Å²) in [5, 5.41) is 9.35. The Kier molecular flexibility index (Phi) is 2.46. The SMILES string of the molecule is CC[C@@H](O)c1ccc(C)s1. The van der Waals surface area contributed by atoms with Gasteiger partial charge < -0.3 is 5.11 Å². The number of hydrogen-bond donors (Lipinski definition) is 1. The minimum Gasteiger partial charge on any atom is -0.388 e. The van der Waals surface area contributed by atoms with Gasteiger partial charge in [0.05, 0.1) is 6.10 Å². The Hall–Kier alpha value is -0.340. The summed E-state index contributed by atoms with van der Waals surface area (Å²) in [5.74, 6) is 0. The molecule has 0 spiro atoms. The molecule has 0 aliphatic rings. The predicted molar refractivity (Wildman–Crippen MR) is 44.3 cm³/mol. The third-order valence-electron chi connectivity index (χ3n) is 1.48. The van der Waals surface area contributed by atoms with Gasteiger partial charge in [-0.3, -0.25) is 0 Å². The van der Waals surface area contributed by atoms with Crippen LogP contribution in [0.3, 0.4) is 0 Å². The van der Waals surface area contributed by atoms with Crippen LogP contribution in [-0.4, -0.2) is 5.11 Å². The van der Waals surface area contributed by atoms with Crippen LogP contribution in [0.2, 0.25) is 0 Å². The molecule has 0 aliphatic carbocycles. The van der Waals surface area contributed by atoms with E-state index < -0.39 is 0 Å². The summed E-state index contributed by atoms with van der Waals surface area (Å²) in [6.07, 6.45) is 0.554. The summed E-state index contributed by atoms with van der Waals surface area (Å²) >= 11 is 1.67. The monoisotopic (exact) mass is 156 g/mol. The van der Waals surface area contributed by atoms with Crippen LogP contribution in [0, 0.1) is 6.92 Å². The van der Waals surface area contributed by atoms with Crippen LogP contribution in [0.4, 0.5) is 0 Å². The zero-order valence-corrected chi connectivity index (χ0v) is 7.11. The van der Waals surface area contributed by atoms with E-state index in [4.69, 9.17) is 0 Å². The maximum atomic E-state index is 9.35. The molecule has 1 rings (SSSR count). The van der Waals surface area contributed by atoms with Gasteiger partial charge in [-0.25, -0.2) is 0 Å². The summed E-state index contributed by atoms with van der Waals surface area (Å²) in [4.78, 5) is 2.35. The summed E-state index contributed by atoms with van der Waals surface area (Å²) in [6.45, 7) is 4.04. The van der Waals surface area contributed by atoms with E-state index in [9.17, 15) is 5.11 Å². The first kappa shape index (κ1) is 7.76. The van der Waals surface area contributed by atoms with Gasteiger partial charge in [0.1, 0.15) is 0 Å². The molecule has 1 aromatic heterocycles. The van der Waals surface area contributed by atoms with Gasteiger partial charge >= 0.3 is 0 Å². The Labute approximate surface area is 65.3 Å². The Morgan fingerprint density at radius 1 is 1.60 bits per heavy atom. The molecule has 0 bridgehead atoms. The Balaban J connectivity index is 2.74. The summed E-state index contributed by atoms with van der Waals surface area (Å²) in [7, 11) is 0. The lowest BCUT2D eigenvalue weighted by molar-refractivity contribution is 0.177. The van der Waals surface area contributed by atoms with E-state index in [1.54, 1.807) is 11.3 Å². The first-order chi connectivity index (χ1) is 4.74. The highest BCUT2D eigenvalue weighted by molar-refractivity contribution is 7.11. The zero-order chi connectivity index (χ0) is 7.56. The number of thiophene rings is 1. The molecule has 0 unspecified atom stereocenters. The first-order valence-corrected chi connectivity index (χ1v) is 4.30. The fourth-order valence-electron chi connectivity index (χ4n) is 0.834. The van der Waals surface area contributed by atoms with Crippen molar-refractivity contribution in [1.29, 1.82) is 0 Å². The van der Waals surface area contributed by atoms with Crippen molar-refractivity contribution in [3.63, 3.8) is 0 Å². The Morgan fingerprint density at radius 2 is 2.30 bits per heavy atom. The third kappa shape index (κ3) is 1.58. The van der Waals surface area contributed by atoms with Crippen molar-refractivity contribution in [3.05, 3.63) is 21.9 Å². The normalized spacial score (nSPS) is 13.5. The molecule has 0 saturated heterocycles. The van der Waals surface area contributed by atoms with Gasteiger partial charge in [-0.2, -0.15) is 0 Å². The highest BCUT2D eigenvalue weighted by Gasteiger charge is 2.05. The topological polar surface area (TPSA) is 20.2 Å². The van der Waals surface area contributed by atoms with Gasteiger partial charge in [0.25, 0.3) is 0 Å². The van der Waals surface area contributed by atoms with Gasteiger partial charge in [0, 0.05) is 9.75 Å². The van der Waals surface area contributed by atoms with Crippen LogP contribution in [0.1, 0.15) is 29.2 Å². The molecular formula is C8H12OS. The van der Waals surface area contributed by atoms with E-state index >= 15 is 0 Å². The number of aliphatic hydroxyl groups excluding tert-OH is 1. The lowest BCUT2D eigenvalue weighted by atomic mass is 10.2. The lowest BCUT2D eigenvalue weighted by Gasteiger charge is -2.01. The molecule has 2 heteroatoms. The van der Waals surface area contributed by atoms with Gasteiger partial charge in [-0.05, 0) is 25.5 Å². The largest absolute Gasteiger partial charge is 0.388 e. The van der Waals surface area contributed by atoms with Gasteiger partial charge in [0.15, 0.2) is 0 Å². The van der Waals surface area contributed by atoms with Crippen LogP contribution in [-0.2, 0) is 0 Å². The average molecular weight is 156 g/mol. The second-order valence-corrected chi connectivity index (χ2v) is 3.69. The van der Waals surface area contributed by atoms with E-state index in [2.05, 4.69) is 6.92 Å². The maximum Gasteiger partial charge on any atom is 0.0879 e. The molecule has 10 heavy (non-hydrogen) atoms. The van der Waals surface area contributed by atoms with Crippen LogP contribution in [0.15, 0.2) is 12.1 Å². The Morgan fingerprint density at radius 3 is 2.70 bits per heavy atom. The van der Waals surface area contributed by atoms with E-state index in [-0.39, 0.29) is 6.10 Å². The molecule has 0 radical (unpaired) electrons. The van der Waals surface area contributed by atoms with Crippen LogP contribution in [0.5, 0.6) is 0 Å². The molecule has 1 heterocycles. The van der Waals surface area contributed by atoms with Crippen LogP contribution >= 0.6 is 11.3 Å². The van der Waals surface area contributed by atoms with E-state index in [1.165, 1.54) is 4.88 Å². The summed E-state index contributed by atoms with van der Waals surface area (Å²) in [6, 6.07) is 4.03. The molecule has 0 saturated carbocycles. The van der Waals surface area contributed by atoms with Crippen molar-refractivity contribution >= 4 is 11.3 Å². The van der Waals surface area contributed by atoms with Gasteiger partial charge in [-0.1, -0.05) is 6.92 Å². The standard InChI is InChI=1S/C8H12OS/c1-3-7(9)8-5-4-6(2)10-8/h4-5,7,9H,3H2,1-2H3/t7-/m1/s1. The fraction of sp³-hybridized carbons (Fsp3) is 0.500. The smallest absolute Gasteiger partial charge is 0.0879 e. The molecule has 0 amide bonds. The van der Waals surface area contributed by atoms with E-state index in [0.717, 1.165) is 11.3 Å². The van der Waals surface area contributed by atoms with Crippen molar-refractivity contribution in [3.8, 4) is 0 Å². The summed E-state index contributed by atoms with van der Waals surface area (Å²) in [5.41, 5.74) is 0. The number of aliphatic hydroxyl groups is 1. The van der Waals surface area contributed by atoms with Crippen molar-refractivity contribution in [2.75, 3.05) is 0 Å². The Bertz CT molecular complexity index is 205. The predicted octanol–water partition coefficient (Wildman–Crippen LogP) is 2.50. The number of hydrogen-bond acceptors (Lipinski definition) is 2. The van der Waals surface area contributed by atoms with Gasteiger partial charge in [0.2, 0.25) is 0 Å². The third-order valence-corrected chi connectivity index (χ3v) is 2.58. The second kappa shape index (κ2) is 3.17. The zero-order valence-electron chi connectivity index (χ0n) is 6.29. The van der Waals surface area contributed by atoms with Crippen LogP contribution < -0.4 is 0 Å². The average Bonchev–Trinajstić information content (AvgIpc) is 2.34. The number of aryl methyl sites for hydroxylation is 1. The highest BCUT2D eigenvalue weighted by Crippen LogP contribution is 2.24. The van der Waals surface area contributed by atoms with Crippen molar-refractivity contribution in [2.45, 2.75) is 26.4 Å². The molecule has 56 valence electrons. The molecule has 0 fully saturated rings. The number of rotatable bonds is 2. The van der Waals surface area contributed by atoms with E-state index in [1.807, 2.05) is 19.1 Å². The van der Waals surface area contributed by atoms with Crippen molar-refractivity contribution < 1.29 is 5.11 Å². The fourth-order valence-corrected chi connectivity index (χ4v) is 1.78. The molecule has 1 aromatic rings. The molecular weight excluding hydrogens is 144 g/mol. The molecule has 1 N–H and O–H groups in total.